The summed E-state index contributed by atoms with van der Waals surface area (Å²) in [6.45, 7) is 1.24. The van der Waals surface area contributed by atoms with Gasteiger partial charge in [0.1, 0.15) is 27.8 Å². The Hall–Kier alpha value is -4.04. The number of hydrogen-bond acceptors (Lipinski definition) is 14. The molecule has 0 bridgehead atoms. The third kappa shape index (κ3) is 7.61. The monoisotopic (exact) mass is 708 g/mol. The van der Waals surface area contributed by atoms with Gasteiger partial charge >= 0.3 is 5.97 Å². The molecule has 5 rings (SSSR count). The van der Waals surface area contributed by atoms with Gasteiger partial charge in [0.05, 0.1) is 0 Å². The van der Waals surface area contributed by atoms with E-state index in [2.05, 4.69) is 36.3 Å². The molecule has 2 aliphatic heterocycles. The number of carboxylic acids is 1. The van der Waals surface area contributed by atoms with Crippen LogP contribution in [0.3, 0.4) is 0 Å². The molecule has 4 heterocycles. The lowest BCUT2D eigenvalue weighted by Gasteiger charge is -2.49. The molecule has 45 heavy (non-hydrogen) atoms. The van der Waals surface area contributed by atoms with E-state index >= 15 is 0 Å². The number of hydrogen-bond donors (Lipinski definition) is 4. The lowest BCUT2D eigenvalue weighted by Crippen LogP contribution is -2.71. The summed E-state index contributed by atoms with van der Waals surface area (Å²) in [5.74, 6) is -2.71. The first kappa shape index (κ1) is 32.4. The number of carbonyl (C=O) groups is 5. The van der Waals surface area contributed by atoms with Gasteiger partial charge in [-0.25, -0.2) is 9.78 Å². The molecule has 20 heteroatoms. The molecule has 15 nitrogen and oxygen atoms in total. The fraction of sp³-hybridized carbons (Fsp3) is 0.240. The number of halogens is 1. The average Bonchev–Trinajstić information content (AvgIpc) is 3.65. The molecular formula is C25H21ClN8O7S4. The number of nitrogens with zero attached hydrogens (tertiary/aromatic N) is 5. The molecule has 0 aliphatic carbocycles. The Kier molecular flexibility index (Phi) is 10.3. The summed E-state index contributed by atoms with van der Waals surface area (Å²) >= 11 is 11.0. The van der Waals surface area contributed by atoms with E-state index in [1.807, 2.05) is 6.92 Å². The largest absolute Gasteiger partial charge is 0.477 e. The third-order valence-corrected chi connectivity index (χ3v) is 10.4. The number of fused-ring (bicyclic) bond motifs is 1. The zero-order valence-corrected chi connectivity index (χ0v) is 26.9. The molecule has 3 aromatic rings. The predicted molar refractivity (Wildman–Crippen MR) is 169 cm³/mol. The first-order valence-corrected chi connectivity index (χ1v) is 16.8. The summed E-state index contributed by atoms with van der Waals surface area (Å²) in [6.07, 6.45) is 0.410. The maximum atomic E-state index is 13.4. The minimum absolute atomic E-state index is 0.00868. The molecule has 1 aromatic carbocycles. The van der Waals surface area contributed by atoms with Crippen molar-refractivity contribution in [3.63, 3.8) is 0 Å². The highest BCUT2D eigenvalue weighted by atomic mass is 35.5. The Morgan fingerprint density at radius 3 is 2.84 bits per heavy atom. The van der Waals surface area contributed by atoms with Crippen molar-refractivity contribution in [3.8, 4) is 0 Å². The second-order valence-electron chi connectivity index (χ2n) is 9.07. The zero-order chi connectivity index (χ0) is 32.1. The van der Waals surface area contributed by atoms with E-state index in [1.165, 1.54) is 46.3 Å². The van der Waals surface area contributed by atoms with Crippen LogP contribution in [-0.2, 0) is 28.8 Å². The summed E-state index contributed by atoms with van der Waals surface area (Å²) in [6, 6.07) is 5.38. The number of β-lactam (4-membered cyclic amide) rings is 1. The number of aromatic nitrogens is 3. The number of nitrogens with one attached hydrogen (secondary N) is 3. The molecule has 0 saturated carbocycles. The predicted octanol–water partition coefficient (Wildman–Crippen LogP) is 2.42. The number of aliphatic carboxylic acids is 1. The summed E-state index contributed by atoms with van der Waals surface area (Å²) in [7, 11) is 0. The molecule has 1 fully saturated rings. The van der Waals surface area contributed by atoms with Gasteiger partial charge in [-0.3, -0.25) is 24.1 Å². The topological polar surface area (TPSA) is 205 Å². The Bertz CT molecular complexity index is 1730. The fourth-order valence-electron chi connectivity index (χ4n) is 4.11. The normalized spacial score (nSPS) is 17.7. The maximum Gasteiger partial charge on any atom is 0.352 e. The van der Waals surface area contributed by atoms with Gasteiger partial charge in [-0.2, -0.15) is 0 Å². The smallest absolute Gasteiger partial charge is 0.352 e. The maximum absolute atomic E-state index is 13.4. The Labute approximate surface area is 275 Å². The van der Waals surface area contributed by atoms with E-state index < -0.39 is 41.7 Å². The Morgan fingerprint density at radius 2 is 2.13 bits per heavy atom. The van der Waals surface area contributed by atoms with Gasteiger partial charge in [0.15, 0.2) is 21.8 Å². The molecule has 1 saturated heterocycles. The van der Waals surface area contributed by atoms with Crippen molar-refractivity contribution in [2.45, 2.75) is 22.7 Å². The van der Waals surface area contributed by atoms with Crippen LogP contribution < -0.4 is 16.0 Å². The SMILES string of the molecule is Cc1nnc(SCC2=C(C(=O)O)N3C(=O)C(NC(=O)/C(=N\OCC(=O)Nc4cccc(Cl)c4)c4csc(NC=O)n4)[C@H]3SC2)s1. The number of carbonyl (C=O) groups excluding carboxylic acids is 4. The number of rotatable bonds is 13. The Morgan fingerprint density at radius 1 is 1.31 bits per heavy atom. The fourth-order valence-corrected chi connectivity index (χ4v) is 8.26. The molecule has 234 valence electrons. The molecule has 2 aromatic heterocycles. The van der Waals surface area contributed by atoms with Crippen LogP contribution in [0.25, 0.3) is 0 Å². The van der Waals surface area contributed by atoms with Gasteiger partial charge in [-0.1, -0.05) is 45.9 Å². The number of thioether (sulfide) groups is 2. The standard InChI is InChI=1S/C25H21ClN8O7S4/c1-11-31-32-25(45-11)44-8-12-7-42-22-18(21(38)34(22)19(12)23(39)40)30-20(37)17(15-9-43-24(29-15)27-10-35)33-41-6-16(36)28-14-4-2-3-13(26)5-14/h2-5,9-10,18,22H,6-8H2,1H3,(H,28,36)(H,30,37)(H,39,40)(H,27,29,35)/b33-17-/t18?,22-/m1/s1. The lowest BCUT2D eigenvalue weighted by molar-refractivity contribution is -0.150. The van der Waals surface area contributed by atoms with Crippen molar-refractivity contribution >= 4 is 104 Å². The highest BCUT2D eigenvalue weighted by molar-refractivity contribution is 8.01. The van der Waals surface area contributed by atoms with Gasteiger partial charge in [0, 0.05) is 27.6 Å². The van der Waals surface area contributed by atoms with Crippen LogP contribution in [0, 0.1) is 6.92 Å². The van der Waals surface area contributed by atoms with Gasteiger partial charge in [0.2, 0.25) is 6.41 Å². The van der Waals surface area contributed by atoms with E-state index in [-0.39, 0.29) is 22.2 Å². The van der Waals surface area contributed by atoms with Crippen molar-refractivity contribution in [2.24, 2.45) is 5.16 Å². The molecule has 1 unspecified atom stereocenters. The van der Waals surface area contributed by atoms with Gasteiger partial charge in [-0.05, 0) is 30.7 Å². The van der Waals surface area contributed by atoms with Crippen molar-refractivity contribution < 1.29 is 33.9 Å². The first-order valence-electron chi connectivity index (χ1n) is 12.7. The molecule has 4 N–H and O–H groups in total. The van der Waals surface area contributed by atoms with E-state index in [9.17, 15) is 29.1 Å². The highest BCUT2D eigenvalue weighted by Gasteiger charge is 2.54. The minimum atomic E-state index is -1.26. The summed E-state index contributed by atoms with van der Waals surface area (Å²) in [5, 5.41) is 31.4. The lowest BCUT2D eigenvalue weighted by atomic mass is 10.0. The molecule has 2 atom stereocenters. The van der Waals surface area contributed by atoms with Crippen LogP contribution >= 0.6 is 57.8 Å². The van der Waals surface area contributed by atoms with Crippen LogP contribution in [0.15, 0.2) is 50.4 Å². The van der Waals surface area contributed by atoms with Crippen LogP contribution in [0.5, 0.6) is 0 Å². The number of carboxylic acid groups (broad SMARTS) is 1. The number of thiazole rings is 1. The number of benzene rings is 1. The van der Waals surface area contributed by atoms with E-state index in [0.29, 0.717) is 38.5 Å². The highest BCUT2D eigenvalue weighted by Crippen LogP contribution is 2.41. The van der Waals surface area contributed by atoms with Crippen LogP contribution in [0.1, 0.15) is 10.7 Å². The van der Waals surface area contributed by atoms with Crippen molar-refractivity contribution in [1.29, 1.82) is 0 Å². The van der Waals surface area contributed by atoms with Crippen molar-refractivity contribution in [2.75, 3.05) is 28.7 Å². The van der Waals surface area contributed by atoms with Crippen molar-refractivity contribution in [1.82, 2.24) is 25.4 Å². The second-order valence-corrected chi connectivity index (χ2v) is 13.9. The van der Waals surface area contributed by atoms with E-state index in [1.54, 1.807) is 18.2 Å². The van der Waals surface area contributed by atoms with Gasteiger partial charge in [-0.15, -0.1) is 33.3 Å². The zero-order valence-electron chi connectivity index (χ0n) is 22.9. The molecule has 2 aliphatic rings. The van der Waals surface area contributed by atoms with E-state index in [4.69, 9.17) is 16.4 Å². The molecular weight excluding hydrogens is 688 g/mol. The Balaban J connectivity index is 1.28. The third-order valence-electron chi connectivity index (χ3n) is 6.02. The minimum Gasteiger partial charge on any atom is -0.477 e. The molecule has 0 spiro atoms. The summed E-state index contributed by atoms with van der Waals surface area (Å²) in [4.78, 5) is 72.4. The van der Waals surface area contributed by atoms with Crippen LogP contribution in [-0.4, -0.2) is 90.5 Å². The first-order chi connectivity index (χ1) is 21.6. The van der Waals surface area contributed by atoms with Crippen LogP contribution in [0.2, 0.25) is 5.02 Å². The number of oxime groups is 1. The van der Waals surface area contributed by atoms with E-state index in [0.717, 1.165) is 21.2 Å². The molecule has 4 amide bonds. The second kappa shape index (κ2) is 14.4. The molecule has 0 radical (unpaired) electrons. The number of anilines is 2. The summed E-state index contributed by atoms with van der Waals surface area (Å²) < 4.78 is 0.682. The van der Waals surface area contributed by atoms with Crippen LogP contribution in [0.4, 0.5) is 10.8 Å². The van der Waals surface area contributed by atoms with Gasteiger partial charge < -0.3 is 25.9 Å². The summed E-state index contributed by atoms with van der Waals surface area (Å²) in [5.41, 5.74) is 0.478. The average molecular weight is 709 g/mol. The number of aryl methyl sites for hydroxylation is 1. The number of amides is 4. The quantitative estimate of drug-likeness (QED) is 0.0664. The van der Waals surface area contributed by atoms with Gasteiger partial charge in [0.25, 0.3) is 17.7 Å². The van der Waals surface area contributed by atoms with Crippen molar-refractivity contribution in [3.05, 3.63) is 56.6 Å².